The van der Waals surface area contributed by atoms with Gasteiger partial charge in [0, 0.05) is 6.92 Å². The SMILES string of the molecule is CC#N.c1ccccc1.c1cnnnc1. The van der Waals surface area contributed by atoms with Gasteiger partial charge in [0.25, 0.3) is 0 Å². The van der Waals surface area contributed by atoms with Crippen LogP contribution in [0.4, 0.5) is 0 Å². The molecule has 0 spiro atoms. The smallest absolute Gasteiger partial charge is 0.0587 e. The van der Waals surface area contributed by atoms with Gasteiger partial charge in [-0.05, 0) is 11.3 Å². The van der Waals surface area contributed by atoms with Gasteiger partial charge in [-0.1, -0.05) is 36.4 Å². The number of rotatable bonds is 0. The van der Waals surface area contributed by atoms with E-state index in [-0.39, 0.29) is 0 Å². The molecule has 0 fully saturated rings. The van der Waals surface area contributed by atoms with E-state index in [1.165, 1.54) is 6.92 Å². The largest absolute Gasteiger partial charge is 0.199 e. The summed E-state index contributed by atoms with van der Waals surface area (Å²) in [4.78, 5) is 0. The van der Waals surface area contributed by atoms with E-state index in [1.807, 2.05) is 36.4 Å². The molecule has 1 heterocycles. The summed E-state index contributed by atoms with van der Waals surface area (Å²) >= 11 is 0. The van der Waals surface area contributed by atoms with Crippen molar-refractivity contribution in [1.29, 1.82) is 5.26 Å². The van der Waals surface area contributed by atoms with E-state index in [1.54, 1.807) is 24.5 Å². The molecule has 0 radical (unpaired) electrons. The van der Waals surface area contributed by atoms with Crippen LogP contribution in [0.15, 0.2) is 54.9 Å². The average Bonchev–Trinajstić information content (AvgIpc) is 2.35. The fourth-order valence-electron chi connectivity index (χ4n) is 0.590. The van der Waals surface area contributed by atoms with Gasteiger partial charge in [0.15, 0.2) is 0 Å². The number of nitrogens with zero attached hydrogens (tertiary/aromatic N) is 4. The summed E-state index contributed by atoms with van der Waals surface area (Å²) in [7, 11) is 0. The lowest BCUT2D eigenvalue weighted by molar-refractivity contribution is 0.865. The highest BCUT2D eigenvalue weighted by Crippen LogP contribution is 1.79. The third-order valence-corrected chi connectivity index (χ3v) is 1.08. The molecule has 0 aliphatic rings. The van der Waals surface area contributed by atoms with Crippen LogP contribution in [0.2, 0.25) is 0 Å². The van der Waals surface area contributed by atoms with E-state index >= 15 is 0 Å². The molecule has 0 N–H and O–H groups in total. The fourth-order valence-corrected chi connectivity index (χ4v) is 0.590. The van der Waals surface area contributed by atoms with Crippen LogP contribution in [-0.2, 0) is 0 Å². The van der Waals surface area contributed by atoms with Crippen LogP contribution < -0.4 is 0 Å². The number of aromatic nitrogens is 3. The van der Waals surface area contributed by atoms with Gasteiger partial charge < -0.3 is 0 Å². The second-order valence-corrected chi connectivity index (χ2v) is 2.19. The Balaban J connectivity index is 0.000000210. The second kappa shape index (κ2) is 11.7. The Kier molecular flexibility index (Phi) is 9.94. The maximum atomic E-state index is 7.32. The third-order valence-electron chi connectivity index (χ3n) is 1.08. The molecule has 0 amide bonds. The first-order valence-electron chi connectivity index (χ1n) is 4.31. The van der Waals surface area contributed by atoms with Crippen LogP contribution in [0, 0.1) is 11.3 Å². The minimum absolute atomic E-state index is 1.43. The molecule has 15 heavy (non-hydrogen) atoms. The quantitative estimate of drug-likeness (QED) is 0.653. The first-order valence-corrected chi connectivity index (χ1v) is 4.31. The normalized spacial score (nSPS) is 6.93. The second-order valence-electron chi connectivity index (χ2n) is 2.19. The van der Waals surface area contributed by atoms with Crippen molar-refractivity contribution in [3.63, 3.8) is 0 Å². The van der Waals surface area contributed by atoms with Crippen molar-refractivity contribution in [1.82, 2.24) is 15.4 Å². The fraction of sp³-hybridized carbons (Fsp3) is 0.0909. The van der Waals surface area contributed by atoms with Gasteiger partial charge in [-0.2, -0.15) is 5.26 Å². The van der Waals surface area contributed by atoms with Gasteiger partial charge in [-0.15, -0.1) is 10.2 Å². The molecule has 4 heteroatoms. The molecule has 2 aromatic rings. The van der Waals surface area contributed by atoms with Crippen LogP contribution in [0.5, 0.6) is 0 Å². The van der Waals surface area contributed by atoms with Crippen LogP contribution in [0.3, 0.4) is 0 Å². The maximum Gasteiger partial charge on any atom is 0.0587 e. The minimum Gasteiger partial charge on any atom is -0.199 e. The molecule has 0 aliphatic heterocycles. The molecule has 0 unspecified atom stereocenters. The summed E-state index contributed by atoms with van der Waals surface area (Å²) in [5, 5.41) is 17.5. The lowest BCUT2D eigenvalue weighted by Crippen LogP contribution is -1.78. The van der Waals surface area contributed by atoms with Crippen molar-refractivity contribution in [2.75, 3.05) is 0 Å². The van der Waals surface area contributed by atoms with Crippen LogP contribution in [0.1, 0.15) is 6.92 Å². The highest BCUT2D eigenvalue weighted by molar-refractivity contribution is 4.99. The van der Waals surface area contributed by atoms with Crippen LogP contribution >= 0.6 is 0 Å². The molecule has 0 bridgehead atoms. The van der Waals surface area contributed by atoms with Crippen molar-refractivity contribution in [2.24, 2.45) is 0 Å². The minimum atomic E-state index is 1.43. The molecule has 1 aromatic heterocycles. The lowest BCUT2D eigenvalue weighted by atomic mass is 10.4. The highest BCUT2D eigenvalue weighted by Gasteiger charge is 1.60. The monoisotopic (exact) mass is 200 g/mol. The molecule has 0 saturated carbocycles. The van der Waals surface area contributed by atoms with Crippen molar-refractivity contribution in [2.45, 2.75) is 6.92 Å². The van der Waals surface area contributed by atoms with Gasteiger partial charge >= 0.3 is 0 Å². The summed E-state index contributed by atoms with van der Waals surface area (Å²) in [6.07, 6.45) is 3.15. The van der Waals surface area contributed by atoms with Crippen molar-refractivity contribution < 1.29 is 0 Å². The zero-order valence-electron chi connectivity index (χ0n) is 8.49. The lowest BCUT2D eigenvalue weighted by Gasteiger charge is -1.69. The molecule has 1 aromatic carbocycles. The van der Waals surface area contributed by atoms with Gasteiger partial charge in [-0.3, -0.25) is 0 Å². The highest BCUT2D eigenvalue weighted by atomic mass is 15.3. The Morgan fingerprint density at radius 1 is 0.800 bits per heavy atom. The van der Waals surface area contributed by atoms with Crippen molar-refractivity contribution >= 4 is 0 Å². The van der Waals surface area contributed by atoms with Gasteiger partial charge in [-0.25, -0.2) is 0 Å². The predicted molar refractivity (Wildman–Crippen MR) is 57.6 cm³/mol. The third kappa shape index (κ3) is 11.7. The van der Waals surface area contributed by atoms with E-state index in [0.29, 0.717) is 0 Å². The summed E-state index contributed by atoms with van der Waals surface area (Å²) in [6.45, 7) is 1.43. The molecular weight excluding hydrogens is 188 g/mol. The Morgan fingerprint density at radius 3 is 1.27 bits per heavy atom. The number of hydrogen-bond acceptors (Lipinski definition) is 4. The van der Waals surface area contributed by atoms with Crippen LogP contribution in [0.25, 0.3) is 0 Å². The Labute approximate surface area is 89.2 Å². The molecule has 4 nitrogen and oxygen atoms in total. The van der Waals surface area contributed by atoms with Crippen molar-refractivity contribution in [3.05, 3.63) is 54.9 Å². The van der Waals surface area contributed by atoms with E-state index < -0.39 is 0 Å². The number of benzene rings is 1. The van der Waals surface area contributed by atoms with Crippen LogP contribution in [-0.4, -0.2) is 15.4 Å². The van der Waals surface area contributed by atoms with E-state index in [0.717, 1.165) is 0 Å². The van der Waals surface area contributed by atoms with Crippen molar-refractivity contribution in [3.8, 4) is 6.07 Å². The summed E-state index contributed by atoms with van der Waals surface area (Å²) in [6, 6.07) is 15.5. The predicted octanol–water partition coefficient (Wildman–Crippen LogP) is 2.09. The van der Waals surface area contributed by atoms with Gasteiger partial charge in [0.05, 0.1) is 18.5 Å². The topological polar surface area (TPSA) is 62.5 Å². The van der Waals surface area contributed by atoms with E-state index in [2.05, 4.69) is 15.4 Å². The van der Waals surface area contributed by atoms with Gasteiger partial charge in [0.2, 0.25) is 0 Å². The zero-order valence-corrected chi connectivity index (χ0v) is 8.49. The maximum absolute atomic E-state index is 7.32. The molecule has 2 rings (SSSR count). The standard InChI is InChI=1S/C6H6.C3H3N3.C2H3N/c2*1-2-4-6-5-3-1;1-2-3/h1-6H;1-3H;1H3. The number of nitriles is 1. The molecule has 0 atom stereocenters. The number of hydrogen-bond donors (Lipinski definition) is 0. The summed E-state index contributed by atoms with van der Waals surface area (Å²) in [5.74, 6) is 0. The molecule has 0 saturated heterocycles. The zero-order chi connectivity index (χ0) is 11.2. The Morgan fingerprint density at radius 2 is 1.13 bits per heavy atom. The Hall–Kier alpha value is -2.28. The van der Waals surface area contributed by atoms with E-state index in [4.69, 9.17) is 5.26 Å². The summed E-state index contributed by atoms with van der Waals surface area (Å²) in [5.41, 5.74) is 0. The first-order chi connectivity index (χ1) is 7.41. The molecule has 0 aliphatic carbocycles. The van der Waals surface area contributed by atoms with Gasteiger partial charge in [0.1, 0.15) is 0 Å². The van der Waals surface area contributed by atoms with E-state index in [9.17, 15) is 0 Å². The molecule has 76 valence electrons. The summed E-state index contributed by atoms with van der Waals surface area (Å²) < 4.78 is 0. The Bertz CT molecular complexity index is 257. The first kappa shape index (κ1) is 12.7. The molecular formula is C11H12N4. The average molecular weight is 200 g/mol.